The van der Waals surface area contributed by atoms with E-state index in [0.29, 0.717) is 5.13 Å². The standard InChI is InChI=1S/C13H21N3O3S/c1-5-16(8-6-7-15(3)4)13-14-10(12(18)19)11(20-13)9(2)17/h5-8H2,1-4H3,(H,18,19). The normalized spacial score (nSPS) is 10.8. The molecule has 1 rings (SSSR count). The number of rotatable bonds is 8. The quantitative estimate of drug-likeness (QED) is 0.738. The van der Waals surface area contributed by atoms with Gasteiger partial charge in [-0.15, -0.1) is 0 Å². The minimum Gasteiger partial charge on any atom is -0.476 e. The maximum atomic E-state index is 11.5. The van der Waals surface area contributed by atoms with Crippen LogP contribution in [0.1, 0.15) is 40.4 Å². The molecule has 1 N–H and O–H groups in total. The number of Topliss-reactive ketones (excluding diaryl/α,β-unsaturated/α-hetero) is 1. The van der Waals surface area contributed by atoms with Gasteiger partial charge in [-0.05, 0) is 34.0 Å². The van der Waals surface area contributed by atoms with Crippen LogP contribution in [-0.2, 0) is 0 Å². The number of hydrogen-bond acceptors (Lipinski definition) is 6. The number of carboxylic acid groups (broad SMARTS) is 1. The Labute approximate surface area is 123 Å². The summed E-state index contributed by atoms with van der Waals surface area (Å²) < 4.78 is 0. The fourth-order valence-corrected chi connectivity index (χ4v) is 2.84. The number of thiazole rings is 1. The van der Waals surface area contributed by atoms with Crippen molar-refractivity contribution in [2.24, 2.45) is 0 Å². The molecule has 0 aliphatic carbocycles. The number of aromatic nitrogens is 1. The number of carbonyl (C=O) groups is 2. The summed E-state index contributed by atoms with van der Waals surface area (Å²) >= 11 is 1.16. The van der Waals surface area contributed by atoms with Gasteiger partial charge in [0, 0.05) is 20.0 Å². The van der Waals surface area contributed by atoms with E-state index < -0.39 is 5.97 Å². The highest BCUT2D eigenvalue weighted by Gasteiger charge is 2.22. The van der Waals surface area contributed by atoms with E-state index in [2.05, 4.69) is 9.88 Å². The highest BCUT2D eigenvalue weighted by Crippen LogP contribution is 2.27. The van der Waals surface area contributed by atoms with E-state index >= 15 is 0 Å². The molecule has 0 spiro atoms. The number of ketones is 1. The van der Waals surface area contributed by atoms with Gasteiger partial charge in [-0.25, -0.2) is 9.78 Å². The minimum absolute atomic E-state index is 0.136. The van der Waals surface area contributed by atoms with E-state index in [1.807, 2.05) is 25.9 Å². The summed E-state index contributed by atoms with van der Waals surface area (Å²) in [6.07, 6.45) is 0.957. The summed E-state index contributed by atoms with van der Waals surface area (Å²) in [7, 11) is 4.02. The molecule has 0 aliphatic heterocycles. The number of carboxylic acids is 1. The van der Waals surface area contributed by atoms with Crippen molar-refractivity contribution in [1.29, 1.82) is 0 Å². The van der Waals surface area contributed by atoms with Crippen molar-refractivity contribution in [3.8, 4) is 0 Å². The fraction of sp³-hybridized carbons (Fsp3) is 0.615. The summed E-state index contributed by atoms with van der Waals surface area (Å²) in [6.45, 7) is 5.83. The first-order valence-electron chi connectivity index (χ1n) is 6.51. The van der Waals surface area contributed by atoms with Gasteiger partial charge in [-0.1, -0.05) is 11.3 Å². The van der Waals surface area contributed by atoms with Gasteiger partial charge in [0.25, 0.3) is 0 Å². The first kappa shape index (κ1) is 16.6. The number of anilines is 1. The van der Waals surface area contributed by atoms with Crippen LogP contribution in [-0.4, -0.2) is 60.5 Å². The van der Waals surface area contributed by atoms with E-state index in [1.165, 1.54) is 6.92 Å². The number of nitrogens with zero attached hydrogens (tertiary/aromatic N) is 3. The first-order chi connectivity index (χ1) is 9.36. The average Bonchev–Trinajstić information content (AvgIpc) is 2.79. The predicted octanol–water partition coefficient (Wildman–Crippen LogP) is 1.82. The Balaban J connectivity index is 2.90. The van der Waals surface area contributed by atoms with Crippen LogP contribution in [0.15, 0.2) is 0 Å². The van der Waals surface area contributed by atoms with Gasteiger partial charge in [0.15, 0.2) is 16.6 Å². The topological polar surface area (TPSA) is 73.7 Å². The van der Waals surface area contributed by atoms with Crippen LogP contribution in [0.4, 0.5) is 5.13 Å². The molecule has 0 saturated heterocycles. The Hall–Kier alpha value is -1.47. The van der Waals surface area contributed by atoms with Crippen molar-refractivity contribution in [3.05, 3.63) is 10.6 Å². The third-order valence-corrected chi connectivity index (χ3v) is 4.04. The molecule has 1 aromatic rings. The van der Waals surface area contributed by atoms with Crippen LogP contribution in [0.3, 0.4) is 0 Å². The predicted molar refractivity (Wildman–Crippen MR) is 80.1 cm³/mol. The highest BCUT2D eigenvalue weighted by atomic mass is 32.1. The minimum atomic E-state index is -1.15. The van der Waals surface area contributed by atoms with Crippen molar-refractivity contribution in [1.82, 2.24) is 9.88 Å². The van der Waals surface area contributed by atoms with Gasteiger partial charge in [0.1, 0.15) is 4.88 Å². The maximum Gasteiger partial charge on any atom is 0.356 e. The molecule has 0 bridgehead atoms. The summed E-state index contributed by atoms with van der Waals surface area (Å²) in [4.78, 5) is 31.0. The lowest BCUT2D eigenvalue weighted by atomic mass is 10.3. The zero-order chi connectivity index (χ0) is 15.3. The number of hydrogen-bond donors (Lipinski definition) is 1. The summed E-state index contributed by atoms with van der Waals surface area (Å²) in [6, 6.07) is 0. The molecular formula is C13H21N3O3S. The van der Waals surface area contributed by atoms with Gasteiger partial charge < -0.3 is 14.9 Å². The van der Waals surface area contributed by atoms with Crippen molar-refractivity contribution < 1.29 is 14.7 Å². The lowest BCUT2D eigenvalue weighted by Gasteiger charge is -2.20. The van der Waals surface area contributed by atoms with Crippen LogP contribution >= 0.6 is 11.3 Å². The Morgan fingerprint density at radius 3 is 2.35 bits per heavy atom. The zero-order valence-electron chi connectivity index (χ0n) is 12.3. The van der Waals surface area contributed by atoms with Crippen molar-refractivity contribution >= 4 is 28.2 Å². The fourth-order valence-electron chi connectivity index (χ4n) is 1.79. The molecule has 0 saturated carbocycles. The molecular weight excluding hydrogens is 278 g/mol. The van der Waals surface area contributed by atoms with Crippen molar-refractivity contribution in [3.63, 3.8) is 0 Å². The van der Waals surface area contributed by atoms with Gasteiger partial charge in [0.05, 0.1) is 0 Å². The third-order valence-electron chi connectivity index (χ3n) is 2.82. The Kier molecular flexibility index (Phi) is 6.09. The molecule has 0 aromatic carbocycles. The molecule has 0 unspecified atom stereocenters. The molecule has 20 heavy (non-hydrogen) atoms. The van der Waals surface area contributed by atoms with Crippen LogP contribution in [0, 0.1) is 0 Å². The highest BCUT2D eigenvalue weighted by molar-refractivity contribution is 7.17. The lowest BCUT2D eigenvalue weighted by molar-refractivity contribution is 0.0687. The van der Waals surface area contributed by atoms with E-state index in [-0.39, 0.29) is 16.4 Å². The van der Waals surface area contributed by atoms with Gasteiger partial charge in [-0.2, -0.15) is 0 Å². The van der Waals surface area contributed by atoms with Crippen molar-refractivity contribution in [2.45, 2.75) is 20.3 Å². The molecule has 1 heterocycles. The lowest BCUT2D eigenvalue weighted by Crippen LogP contribution is -2.27. The van der Waals surface area contributed by atoms with Gasteiger partial charge in [-0.3, -0.25) is 4.79 Å². The first-order valence-corrected chi connectivity index (χ1v) is 7.33. The zero-order valence-corrected chi connectivity index (χ0v) is 13.2. The van der Waals surface area contributed by atoms with Gasteiger partial charge in [0.2, 0.25) is 0 Å². The maximum absolute atomic E-state index is 11.5. The molecule has 1 aromatic heterocycles. The summed E-state index contributed by atoms with van der Waals surface area (Å²) in [5, 5.41) is 9.70. The SMILES string of the molecule is CCN(CCCN(C)C)c1nc(C(=O)O)c(C(C)=O)s1. The van der Waals surface area contributed by atoms with Crippen LogP contribution in [0.25, 0.3) is 0 Å². The second-order valence-corrected chi connectivity index (χ2v) is 5.75. The third kappa shape index (κ3) is 4.28. The summed E-state index contributed by atoms with van der Waals surface area (Å²) in [5.41, 5.74) is -0.136. The van der Waals surface area contributed by atoms with E-state index in [0.717, 1.165) is 37.4 Å². The number of carbonyl (C=O) groups excluding carboxylic acids is 1. The Bertz CT molecular complexity index is 454. The van der Waals surface area contributed by atoms with Crippen LogP contribution in [0.2, 0.25) is 0 Å². The van der Waals surface area contributed by atoms with Gasteiger partial charge >= 0.3 is 5.97 Å². The molecule has 0 radical (unpaired) electrons. The molecule has 0 aliphatic rings. The molecule has 0 amide bonds. The Morgan fingerprint density at radius 2 is 1.95 bits per heavy atom. The Morgan fingerprint density at radius 1 is 1.30 bits per heavy atom. The second-order valence-electron chi connectivity index (χ2n) is 4.77. The van der Waals surface area contributed by atoms with Crippen LogP contribution < -0.4 is 4.90 Å². The molecule has 112 valence electrons. The van der Waals surface area contributed by atoms with Crippen LogP contribution in [0.5, 0.6) is 0 Å². The smallest absolute Gasteiger partial charge is 0.356 e. The largest absolute Gasteiger partial charge is 0.476 e. The molecule has 6 nitrogen and oxygen atoms in total. The summed E-state index contributed by atoms with van der Waals surface area (Å²) in [5.74, 6) is -1.41. The van der Waals surface area contributed by atoms with Crippen molar-refractivity contribution in [2.75, 3.05) is 38.6 Å². The van der Waals surface area contributed by atoms with E-state index in [9.17, 15) is 9.59 Å². The average molecular weight is 299 g/mol. The van der Waals surface area contributed by atoms with E-state index in [1.54, 1.807) is 0 Å². The molecule has 0 atom stereocenters. The second kappa shape index (κ2) is 7.35. The molecule has 0 fully saturated rings. The number of aromatic carboxylic acids is 1. The molecule has 7 heteroatoms. The van der Waals surface area contributed by atoms with E-state index in [4.69, 9.17) is 5.11 Å². The monoisotopic (exact) mass is 299 g/mol.